The van der Waals surface area contributed by atoms with E-state index in [9.17, 15) is 13.2 Å². The van der Waals surface area contributed by atoms with Gasteiger partial charge in [0.2, 0.25) is 6.41 Å². The Labute approximate surface area is 79.7 Å². The highest BCUT2D eigenvalue weighted by Gasteiger charge is 2.07. The number of carbonyl (C=O) groups is 1. The number of rotatable bonds is 4. The molecule has 72 valence electrons. The maximum atomic E-state index is 10.3. The average molecular weight is 221 g/mol. The number of nitrogen functional groups attached to an aromatic ring is 1. The minimum Gasteiger partial charge on any atom is -0.387 e. The predicted octanol–water partition coefficient (Wildman–Crippen LogP) is -0.595. The van der Waals surface area contributed by atoms with Gasteiger partial charge in [-0.25, -0.2) is 13.4 Å². The number of thiazole rings is 1. The van der Waals surface area contributed by atoms with E-state index in [1.165, 1.54) is 0 Å². The SMILES string of the molecule is Nc1sc(C[SH](=O)=O)nc1NC=O. The van der Waals surface area contributed by atoms with E-state index in [0.717, 1.165) is 11.3 Å². The zero-order chi connectivity index (χ0) is 9.84. The number of thiol groups is 1. The van der Waals surface area contributed by atoms with Crippen LogP contribution < -0.4 is 11.1 Å². The molecule has 1 heterocycles. The summed E-state index contributed by atoms with van der Waals surface area (Å²) >= 11 is 1.04. The summed E-state index contributed by atoms with van der Waals surface area (Å²) in [6, 6.07) is 0. The summed E-state index contributed by atoms with van der Waals surface area (Å²) in [7, 11) is -2.51. The molecule has 0 aliphatic heterocycles. The number of nitrogens with two attached hydrogens (primary N) is 1. The molecule has 0 aliphatic rings. The van der Waals surface area contributed by atoms with Crippen LogP contribution in [-0.4, -0.2) is 19.8 Å². The number of carbonyl (C=O) groups excluding carboxylic acids is 1. The molecule has 0 unspecified atom stereocenters. The highest BCUT2D eigenvalue weighted by Crippen LogP contribution is 2.25. The van der Waals surface area contributed by atoms with Gasteiger partial charge in [-0.15, -0.1) is 0 Å². The third-order valence-electron chi connectivity index (χ3n) is 1.16. The van der Waals surface area contributed by atoms with Gasteiger partial charge < -0.3 is 11.1 Å². The Morgan fingerprint density at radius 2 is 2.31 bits per heavy atom. The van der Waals surface area contributed by atoms with Crippen molar-refractivity contribution in [1.82, 2.24) is 4.98 Å². The number of amides is 1. The zero-order valence-electron chi connectivity index (χ0n) is 6.39. The van der Waals surface area contributed by atoms with Crippen LogP contribution in [0, 0.1) is 0 Å². The molecular formula is C5H7N3O3S2. The van der Waals surface area contributed by atoms with Crippen molar-refractivity contribution in [3.05, 3.63) is 5.01 Å². The summed E-state index contributed by atoms with van der Waals surface area (Å²) in [5.74, 6) is 0.0666. The minimum absolute atomic E-state index is 0.148. The van der Waals surface area contributed by atoms with Crippen LogP contribution in [0.4, 0.5) is 10.8 Å². The maximum absolute atomic E-state index is 10.3. The highest BCUT2D eigenvalue weighted by molar-refractivity contribution is 7.71. The van der Waals surface area contributed by atoms with Crippen LogP contribution in [0.5, 0.6) is 0 Å². The number of nitrogens with zero attached hydrogens (tertiary/aromatic N) is 1. The molecule has 1 amide bonds. The second-order valence-electron chi connectivity index (χ2n) is 2.07. The summed E-state index contributed by atoms with van der Waals surface area (Å²) in [5.41, 5.74) is 5.44. The van der Waals surface area contributed by atoms with E-state index in [0.29, 0.717) is 16.4 Å². The molecule has 0 aromatic carbocycles. The van der Waals surface area contributed by atoms with Gasteiger partial charge in [0.25, 0.3) is 0 Å². The summed E-state index contributed by atoms with van der Waals surface area (Å²) in [5, 5.41) is 2.94. The van der Waals surface area contributed by atoms with Crippen LogP contribution >= 0.6 is 11.3 Å². The Morgan fingerprint density at radius 1 is 1.62 bits per heavy atom. The Kier molecular flexibility index (Phi) is 3.20. The number of hydrogen-bond donors (Lipinski definition) is 3. The molecule has 0 radical (unpaired) electrons. The fourth-order valence-corrected chi connectivity index (χ4v) is 2.17. The molecule has 0 bridgehead atoms. The zero-order valence-corrected chi connectivity index (χ0v) is 8.10. The Bertz CT molecular complexity index is 376. The van der Waals surface area contributed by atoms with Crippen molar-refractivity contribution in [2.45, 2.75) is 5.75 Å². The van der Waals surface area contributed by atoms with Crippen LogP contribution in [-0.2, 0) is 21.3 Å². The quantitative estimate of drug-likeness (QED) is 0.465. The van der Waals surface area contributed by atoms with Gasteiger partial charge in [0.15, 0.2) is 5.82 Å². The minimum atomic E-state index is -2.51. The molecule has 13 heavy (non-hydrogen) atoms. The van der Waals surface area contributed by atoms with E-state index in [2.05, 4.69) is 10.3 Å². The number of nitrogens with one attached hydrogen (secondary N) is 1. The largest absolute Gasteiger partial charge is 0.387 e. The standard InChI is InChI=1S/C5H7N3O3S2/c6-4-5(7-2-9)8-3(12-4)1-13(10)11/h2,13H,1,6H2,(H,7,9). The lowest BCUT2D eigenvalue weighted by Crippen LogP contribution is -1.97. The molecule has 6 nitrogen and oxygen atoms in total. The van der Waals surface area contributed by atoms with Crippen LogP contribution in [0.15, 0.2) is 0 Å². The third kappa shape index (κ3) is 2.67. The lowest BCUT2D eigenvalue weighted by atomic mass is 10.7. The van der Waals surface area contributed by atoms with E-state index < -0.39 is 10.7 Å². The number of aromatic nitrogens is 1. The monoisotopic (exact) mass is 221 g/mol. The van der Waals surface area contributed by atoms with Gasteiger partial charge in [0, 0.05) is 0 Å². The molecule has 1 rings (SSSR count). The van der Waals surface area contributed by atoms with Crippen molar-refractivity contribution in [3.8, 4) is 0 Å². The van der Waals surface area contributed by atoms with Crippen molar-refractivity contribution in [2.75, 3.05) is 11.1 Å². The summed E-state index contributed by atoms with van der Waals surface area (Å²) in [4.78, 5) is 13.8. The van der Waals surface area contributed by atoms with E-state index in [1.807, 2.05) is 0 Å². The number of hydrogen-bond acceptors (Lipinski definition) is 6. The van der Waals surface area contributed by atoms with Crippen molar-refractivity contribution >= 4 is 39.3 Å². The second-order valence-corrected chi connectivity index (χ2v) is 4.17. The summed E-state index contributed by atoms with van der Waals surface area (Å²) in [6.45, 7) is 0. The van der Waals surface area contributed by atoms with Gasteiger partial charge in [-0.05, 0) is 0 Å². The summed E-state index contributed by atoms with van der Waals surface area (Å²) in [6.07, 6.45) is 0.437. The normalized spacial score (nSPS) is 10.2. The maximum Gasteiger partial charge on any atom is 0.212 e. The van der Waals surface area contributed by atoms with Crippen LogP contribution in [0.1, 0.15) is 5.01 Å². The van der Waals surface area contributed by atoms with Gasteiger partial charge in [-0.2, -0.15) is 0 Å². The first kappa shape index (κ1) is 9.93. The molecule has 8 heteroatoms. The van der Waals surface area contributed by atoms with Crippen molar-refractivity contribution in [2.24, 2.45) is 0 Å². The molecule has 1 aromatic rings. The van der Waals surface area contributed by atoms with E-state index in [4.69, 9.17) is 5.73 Å². The molecule has 0 fully saturated rings. The molecule has 3 N–H and O–H groups in total. The highest BCUT2D eigenvalue weighted by atomic mass is 32.2. The second kappa shape index (κ2) is 4.19. The molecule has 0 spiro atoms. The van der Waals surface area contributed by atoms with Crippen molar-refractivity contribution in [1.29, 1.82) is 0 Å². The van der Waals surface area contributed by atoms with Gasteiger partial charge in [0.1, 0.15) is 20.7 Å². The lowest BCUT2D eigenvalue weighted by Gasteiger charge is -1.90. The van der Waals surface area contributed by atoms with Gasteiger partial charge in [-0.1, -0.05) is 11.3 Å². The Morgan fingerprint density at radius 3 is 2.85 bits per heavy atom. The van der Waals surface area contributed by atoms with Crippen molar-refractivity contribution < 1.29 is 13.2 Å². The molecule has 0 saturated carbocycles. The van der Waals surface area contributed by atoms with Gasteiger partial charge >= 0.3 is 0 Å². The number of anilines is 2. The average Bonchev–Trinajstić information content (AvgIpc) is 2.31. The smallest absolute Gasteiger partial charge is 0.212 e. The van der Waals surface area contributed by atoms with Crippen LogP contribution in [0.25, 0.3) is 0 Å². The fourth-order valence-electron chi connectivity index (χ4n) is 0.715. The topological polar surface area (TPSA) is 102 Å². The first-order valence-electron chi connectivity index (χ1n) is 3.20. The van der Waals surface area contributed by atoms with Gasteiger partial charge in [-0.3, -0.25) is 4.79 Å². The molecule has 0 saturated heterocycles. The fraction of sp³-hybridized carbons (Fsp3) is 0.200. The molecule has 1 aromatic heterocycles. The first-order valence-corrected chi connectivity index (χ1v) is 5.38. The summed E-state index contributed by atoms with van der Waals surface area (Å²) < 4.78 is 20.6. The lowest BCUT2D eigenvalue weighted by molar-refractivity contribution is -0.105. The van der Waals surface area contributed by atoms with E-state index in [1.54, 1.807) is 0 Å². The molecular weight excluding hydrogens is 214 g/mol. The van der Waals surface area contributed by atoms with E-state index in [-0.39, 0.29) is 11.6 Å². The van der Waals surface area contributed by atoms with Crippen LogP contribution in [0.2, 0.25) is 0 Å². The van der Waals surface area contributed by atoms with Crippen molar-refractivity contribution in [3.63, 3.8) is 0 Å². The van der Waals surface area contributed by atoms with Crippen LogP contribution in [0.3, 0.4) is 0 Å². The predicted molar refractivity (Wildman–Crippen MR) is 50.2 cm³/mol. The third-order valence-corrected chi connectivity index (χ3v) is 2.81. The molecule has 0 aliphatic carbocycles. The molecule has 0 atom stereocenters. The van der Waals surface area contributed by atoms with Gasteiger partial charge in [0.05, 0.1) is 5.75 Å². The first-order chi connectivity index (χ1) is 6.13. The Balaban J connectivity index is 2.87. The van der Waals surface area contributed by atoms with E-state index >= 15 is 0 Å². The Hall–Kier alpha value is -1.15.